The van der Waals surface area contributed by atoms with Crippen molar-refractivity contribution in [3.63, 3.8) is 0 Å². The standard InChI is InChI=1S/C20H23N5O.HI/c1-21-20(22-14-16-8-10-19(26-2)11-9-16)23-15-17-12-13-25(24-17)18-6-4-3-5-7-18;/h3-13H,14-15H2,1-2H3,(H2,21,22,23);1H. The van der Waals surface area contributed by atoms with Crippen molar-refractivity contribution >= 4 is 29.9 Å². The number of nitrogens with one attached hydrogen (secondary N) is 2. The van der Waals surface area contributed by atoms with Gasteiger partial charge in [-0.2, -0.15) is 5.10 Å². The minimum Gasteiger partial charge on any atom is -0.497 e. The first-order valence-electron chi connectivity index (χ1n) is 8.46. The summed E-state index contributed by atoms with van der Waals surface area (Å²) in [6.45, 7) is 1.28. The third-order valence-corrected chi connectivity index (χ3v) is 3.94. The molecule has 0 radical (unpaired) electrons. The van der Waals surface area contributed by atoms with Crippen LogP contribution in [0.3, 0.4) is 0 Å². The second-order valence-corrected chi connectivity index (χ2v) is 5.71. The van der Waals surface area contributed by atoms with Crippen molar-refractivity contribution in [2.45, 2.75) is 13.1 Å². The molecule has 27 heavy (non-hydrogen) atoms. The highest BCUT2D eigenvalue weighted by atomic mass is 127. The van der Waals surface area contributed by atoms with E-state index in [0.29, 0.717) is 13.1 Å². The highest BCUT2D eigenvalue weighted by molar-refractivity contribution is 14.0. The maximum atomic E-state index is 5.17. The van der Waals surface area contributed by atoms with E-state index in [0.717, 1.165) is 28.7 Å². The van der Waals surface area contributed by atoms with Gasteiger partial charge in [0.25, 0.3) is 0 Å². The zero-order chi connectivity index (χ0) is 18.2. The van der Waals surface area contributed by atoms with Gasteiger partial charge < -0.3 is 15.4 Å². The van der Waals surface area contributed by atoms with E-state index in [-0.39, 0.29) is 24.0 Å². The highest BCUT2D eigenvalue weighted by Gasteiger charge is 2.03. The molecule has 0 bridgehead atoms. The van der Waals surface area contributed by atoms with Crippen LogP contribution in [-0.4, -0.2) is 29.9 Å². The smallest absolute Gasteiger partial charge is 0.191 e. The first-order chi connectivity index (χ1) is 12.8. The number of guanidine groups is 1. The van der Waals surface area contributed by atoms with Gasteiger partial charge in [0.1, 0.15) is 5.75 Å². The Balaban J connectivity index is 0.00000261. The minimum absolute atomic E-state index is 0. The Morgan fingerprint density at radius 2 is 1.70 bits per heavy atom. The molecule has 0 aliphatic rings. The Hall–Kier alpha value is -2.55. The van der Waals surface area contributed by atoms with Crippen LogP contribution in [-0.2, 0) is 13.1 Å². The lowest BCUT2D eigenvalue weighted by atomic mass is 10.2. The van der Waals surface area contributed by atoms with Crippen molar-refractivity contribution in [1.29, 1.82) is 0 Å². The van der Waals surface area contributed by atoms with E-state index in [1.54, 1.807) is 14.2 Å². The fourth-order valence-electron chi connectivity index (χ4n) is 2.50. The van der Waals surface area contributed by atoms with Gasteiger partial charge in [0.05, 0.1) is 25.0 Å². The van der Waals surface area contributed by atoms with Crippen LogP contribution in [0.1, 0.15) is 11.3 Å². The van der Waals surface area contributed by atoms with Gasteiger partial charge in [0, 0.05) is 19.8 Å². The first-order valence-corrected chi connectivity index (χ1v) is 8.46. The van der Waals surface area contributed by atoms with Crippen molar-refractivity contribution in [3.05, 3.63) is 78.1 Å². The monoisotopic (exact) mass is 477 g/mol. The molecule has 1 heterocycles. The Bertz CT molecular complexity index is 846. The molecule has 2 aromatic carbocycles. The summed E-state index contributed by atoms with van der Waals surface area (Å²) in [4.78, 5) is 4.25. The normalized spacial score (nSPS) is 10.8. The second kappa shape index (κ2) is 10.6. The molecule has 0 fully saturated rings. The number of benzene rings is 2. The Kier molecular flexibility index (Phi) is 8.12. The van der Waals surface area contributed by atoms with Gasteiger partial charge in [0.15, 0.2) is 5.96 Å². The lowest BCUT2D eigenvalue weighted by Crippen LogP contribution is -2.36. The molecule has 0 amide bonds. The third kappa shape index (κ3) is 5.99. The van der Waals surface area contributed by atoms with E-state index in [9.17, 15) is 0 Å². The molecule has 0 spiro atoms. The van der Waals surface area contributed by atoms with E-state index in [1.807, 2.05) is 71.5 Å². The number of aromatic nitrogens is 2. The zero-order valence-electron chi connectivity index (χ0n) is 15.4. The van der Waals surface area contributed by atoms with E-state index >= 15 is 0 Å². The van der Waals surface area contributed by atoms with Crippen molar-refractivity contribution in [3.8, 4) is 11.4 Å². The fraction of sp³-hybridized carbons (Fsp3) is 0.200. The van der Waals surface area contributed by atoms with E-state index in [4.69, 9.17) is 4.74 Å². The number of halogens is 1. The molecule has 1 aromatic heterocycles. The molecule has 2 N–H and O–H groups in total. The lowest BCUT2D eigenvalue weighted by molar-refractivity contribution is 0.414. The third-order valence-electron chi connectivity index (χ3n) is 3.94. The molecule has 0 saturated heterocycles. The van der Waals surface area contributed by atoms with E-state index in [2.05, 4.69) is 20.7 Å². The Labute approximate surface area is 176 Å². The number of hydrogen-bond donors (Lipinski definition) is 2. The van der Waals surface area contributed by atoms with Crippen LogP contribution in [0.4, 0.5) is 0 Å². The molecule has 7 heteroatoms. The summed E-state index contributed by atoms with van der Waals surface area (Å²) in [5.74, 6) is 1.58. The predicted molar refractivity (Wildman–Crippen MR) is 119 cm³/mol. The Morgan fingerprint density at radius 3 is 2.37 bits per heavy atom. The summed E-state index contributed by atoms with van der Waals surface area (Å²) < 4.78 is 7.04. The summed E-state index contributed by atoms with van der Waals surface area (Å²) in [6.07, 6.45) is 1.96. The van der Waals surface area contributed by atoms with E-state index in [1.165, 1.54) is 0 Å². The van der Waals surface area contributed by atoms with Crippen molar-refractivity contribution in [2.75, 3.05) is 14.2 Å². The SMILES string of the molecule is CN=C(NCc1ccc(OC)cc1)NCc1ccn(-c2ccccc2)n1.I. The molecule has 3 rings (SSSR count). The summed E-state index contributed by atoms with van der Waals surface area (Å²) >= 11 is 0. The van der Waals surface area contributed by atoms with Gasteiger partial charge in [-0.25, -0.2) is 4.68 Å². The number of para-hydroxylation sites is 1. The highest BCUT2D eigenvalue weighted by Crippen LogP contribution is 2.11. The lowest BCUT2D eigenvalue weighted by Gasteiger charge is -2.11. The van der Waals surface area contributed by atoms with Crippen LogP contribution in [0.15, 0.2) is 71.9 Å². The van der Waals surface area contributed by atoms with Gasteiger partial charge >= 0.3 is 0 Å². The quantitative estimate of drug-likeness (QED) is 0.325. The van der Waals surface area contributed by atoms with Gasteiger partial charge in [-0.05, 0) is 35.9 Å². The summed E-state index contributed by atoms with van der Waals surface area (Å²) in [5, 5.41) is 11.2. The molecule has 3 aromatic rings. The number of ether oxygens (including phenoxy) is 1. The maximum Gasteiger partial charge on any atom is 0.191 e. The van der Waals surface area contributed by atoms with Crippen LogP contribution in [0.2, 0.25) is 0 Å². The molecule has 0 atom stereocenters. The fourth-order valence-corrected chi connectivity index (χ4v) is 2.50. The van der Waals surface area contributed by atoms with Gasteiger partial charge in [0.2, 0.25) is 0 Å². The molecular formula is C20H24IN5O. The van der Waals surface area contributed by atoms with Gasteiger partial charge in [-0.15, -0.1) is 24.0 Å². The van der Waals surface area contributed by atoms with E-state index < -0.39 is 0 Å². The van der Waals surface area contributed by atoms with Gasteiger partial charge in [-0.1, -0.05) is 30.3 Å². The van der Waals surface area contributed by atoms with Crippen LogP contribution < -0.4 is 15.4 Å². The summed E-state index contributed by atoms with van der Waals surface area (Å²) in [7, 11) is 3.42. The van der Waals surface area contributed by atoms with Crippen molar-refractivity contribution in [2.24, 2.45) is 4.99 Å². The van der Waals surface area contributed by atoms with Crippen LogP contribution in [0.25, 0.3) is 5.69 Å². The molecule has 6 nitrogen and oxygen atoms in total. The summed E-state index contributed by atoms with van der Waals surface area (Å²) in [5.41, 5.74) is 3.14. The Morgan fingerprint density at radius 1 is 1.00 bits per heavy atom. The zero-order valence-corrected chi connectivity index (χ0v) is 17.8. The average Bonchev–Trinajstić information content (AvgIpc) is 3.18. The number of nitrogens with zero attached hydrogens (tertiary/aromatic N) is 3. The van der Waals surface area contributed by atoms with Crippen LogP contribution >= 0.6 is 24.0 Å². The average molecular weight is 477 g/mol. The summed E-state index contributed by atoms with van der Waals surface area (Å²) in [6, 6.07) is 20.0. The maximum absolute atomic E-state index is 5.17. The van der Waals surface area contributed by atoms with Crippen LogP contribution in [0.5, 0.6) is 5.75 Å². The van der Waals surface area contributed by atoms with Crippen molar-refractivity contribution in [1.82, 2.24) is 20.4 Å². The topological polar surface area (TPSA) is 63.5 Å². The molecule has 0 aliphatic heterocycles. The molecule has 142 valence electrons. The second-order valence-electron chi connectivity index (χ2n) is 5.71. The van der Waals surface area contributed by atoms with Gasteiger partial charge in [-0.3, -0.25) is 4.99 Å². The number of hydrogen-bond acceptors (Lipinski definition) is 3. The van der Waals surface area contributed by atoms with Crippen molar-refractivity contribution < 1.29 is 4.74 Å². The molecular weight excluding hydrogens is 453 g/mol. The molecule has 0 aliphatic carbocycles. The largest absolute Gasteiger partial charge is 0.497 e. The minimum atomic E-state index is 0. The molecule has 0 unspecified atom stereocenters. The number of rotatable bonds is 6. The molecule has 0 saturated carbocycles. The first kappa shape index (κ1) is 20.8. The number of aliphatic imine (C=N–C) groups is 1. The number of methoxy groups -OCH3 is 1. The predicted octanol–water partition coefficient (Wildman–Crippen LogP) is 3.36. The van der Waals surface area contributed by atoms with Crippen LogP contribution in [0, 0.1) is 0 Å².